The number of nitrogens with zero attached hydrogens (tertiary/aromatic N) is 4. The summed E-state index contributed by atoms with van der Waals surface area (Å²) >= 11 is 0. The van der Waals surface area contributed by atoms with Gasteiger partial charge in [0.15, 0.2) is 0 Å². The van der Waals surface area contributed by atoms with Gasteiger partial charge in [-0.2, -0.15) is 0 Å². The minimum atomic E-state index is -0.333. The van der Waals surface area contributed by atoms with Crippen molar-refractivity contribution in [3.05, 3.63) is 33.4 Å². The summed E-state index contributed by atoms with van der Waals surface area (Å²) in [5.74, 6) is -1.27. The van der Waals surface area contributed by atoms with E-state index in [1.54, 1.807) is 27.7 Å². The zero-order valence-electron chi connectivity index (χ0n) is 29.4. The van der Waals surface area contributed by atoms with Crippen LogP contribution in [-0.4, -0.2) is 135 Å². The summed E-state index contributed by atoms with van der Waals surface area (Å²) in [6.07, 6.45) is 0. The minimum Gasteiger partial charge on any atom is -0.465 e. The molecule has 0 saturated heterocycles. The lowest BCUT2D eigenvalue weighted by Crippen LogP contribution is -2.46. The summed E-state index contributed by atoms with van der Waals surface area (Å²) in [6, 6.07) is 0. The first-order valence-corrected chi connectivity index (χ1v) is 16.5. The molecule has 0 amide bonds. The fraction of sp³-hybridized carbons (Fsp3) is 0.706. The Balaban J connectivity index is 2.60. The van der Waals surface area contributed by atoms with Crippen molar-refractivity contribution in [2.75, 3.05) is 91.9 Å². The molecule has 0 unspecified atom stereocenters. The van der Waals surface area contributed by atoms with Gasteiger partial charge in [0.1, 0.15) is 0 Å². The van der Waals surface area contributed by atoms with E-state index in [0.717, 1.165) is 33.4 Å². The van der Waals surface area contributed by atoms with Gasteiger partial charge < -0.3 is 18.9 Å². The number of esters is 4. The molecule has 12 nitrogen and oxygen atoms in total. The van der Waals surface area contributed by atoms with E-state index in [0.29, 0.717) is 65.6 Å². The zero-order chi connectivity index (χ0) is 34.2. The highest BCUT2D eigenvalue weighted by Gasteiger charge is 2.24. The molecule has 0 N–H and O–H groups in total. The lowest BCUT2D eigenvalue weighted by atomic mass is 9.88. The van der Waals surface area contributed by atoms with Crippen LogP contribution in [-0.2, 0) is 51.2 Å². The normalized spacial score (nSPS) is 16.3. The molecule has 3 rings (SSSR count). The molecule has 0 aromatic heterocycles. The van der Waals surface area contributed by atoms with E-state index in [1.165, 1.54) is 0 Å². The van der Waals surface area contributed by atoms with E-state index in [-0.39, 0.29) is 63.3 Å². The summed E-state index contributed by atoms with van der Waals surface area (Å²) in [5.41, 5.74) is 6.88. The van der Waals surface area contributed by atoms with Crippen molar-refractivity contribution in [3.63, 3.8) is 0 Å². The average molecular weight is 649 g/mol. The molecule has 0 spiro atoms. The van der Waals surface area contributed by atoms with Crippen molar-refractivity contribution in [1.82, 2.24) is 19.6 Å². The van der Waals surface area contributed by atoms with E-state index in [2.05, 4.69) is 37.5 Å². The van der Waals surface area contributed by atoms with Crippen LogP contribution in [0.2, 0.25) is 0 Å². The summed E-state index contributed by atoms with van der Waals surface area (Å²) in [6.45, 7) is 21.1. The van der Waals surface area contributed by atoms with Crippen LogP contribution in [0.3, 0.4) is 0 Å². The quantitative estimate of drug-likeness (QED) is 0.188. The number of ether oxygens (including phenoxy) is 4. The van der Waals surface area contributed by atoms with E-state index < -0.39 is 0 Å². The minimum absolute atomic E-state index is 0.0777. The van der Waals surface area contributed by atoms with Gasteiger partial charge in [0.25, 0.3) is 0 Å². The van der Waals surface area contributed by atoms with Crippen molar-refractivity contribution in [2.45, 2.75) is 68.5 Å². The highest BCUT2D eigenvalue weighted by atomic mass is 16.5. The molecule has 2 heterocycles. The van der Waals surface area contributed by atoms with E-state index in [1.807, 2.05) is 9.80 Å². The molecule has 1 aromatic carbocycles. The number of rotatable bonds is 12. The fourth-order valence-electron chi connectivity index (χ4n) is 5.76. The monoisotopic (exact) mass is 648 g/mol. The average Bonchev–Trinajstić information content (AvgIpc) is 2.99. The molecule has 2 aliphatic rings. The molecular formula is C34H56N4O8. The van der Waals surface area contributed by atoms with E-state index >= 15 is 0 Å². The van der Waals surface area contributed by atoms with Crippen molar-refractivity contribution in [2.24, 2.45) is 0 Å². The third-order valence-corrected chi connectivity index (χ3v) is 8.53. The molecule has 46 heavy (non-hydrogen) atoms. The largest absolute Gasteiger partial charge is 0.465 e. The number of fused-ring (bicyclic) bond motifs is 13. The first kappa shape index (κ1) is 39.1. The van der Waals surface area contributed by atoms with Gasteiger partial charge in [0.05, 0.1) is 52.6 Å². The van der Waals surface area contributed by atoms with Gasteiger partial charge in [-0.25, -0.2) is 0 Å². The molecule has 2 bridgehead atoms. The van der Waals surface area contributed by atoms with E-state index in [4.69, 9.17) is 18.9 Å². The third-order valence-electron chi connectivity index (χ3n) is 8.53. The van der Waals surface area contributed by atoms with Crippen LogP contribution in [0.4, 0.5) is 0 Å². The second-order valence-corrected chi connectivity index (χ2v) is 11.7. The highest BCUT2D eigenvalue weighted by molar-refractivity contribution is 5.73. The topological polar surface area (TPSA) is 118 Å². The van der Waals surface area contributed by atoms with Crippen LogP contribution in [0.15, 0.2) is 0 Å². The lowest BCUT2D eigenvalue weighted by molar-refractivity contribution is -0.147. The SMILES string of the molecule is CCOC(=O)CN1CCN(CC(=O)OCC)CCN(CC(=O)OCC)Cc2c(C)c(C)c(c(C)c2C)CN(CC(=O)OCC)CC1. The molecule has 260 valence electrons. The maximum atomic E-state index is 12.7. The van der Waals surface area contributed by atoms with Gasteiger partial charge in [-0.3, -0.25) is 38.8 Å². The van der Waals surface area contributed by atoms with Gasteiger partial charge in [-0.15, -0.1) is 0 Å². The van der Waals surface area contributed by atoms with Crippen molar-refractivity contribution in [3.8, 4) is 0 Å². The Morgan fingerprint density at radius 2 is 0.652 bits per heavy atom. The molecule has 0 aliphatic carbocycles. The van der Waals surface area contributed by atoms with Gasteiger partial charge in [-0.05, 0) is 88.8 Å². The molecule has 2 aliphatic heterocycles. The van der Waals surface area contributed by atoms with Crippen LogP contribution in [0.1, 0.15) is 61.1 Å². The Morgan fingerprint density at radius 1 is 0.435 bits per heavy atom. The highest BCUT2D eigenvalue weighted by Crippen LogP contribution is 2.29. The van der Waals surface area contributed by atoms with Crippen LogP contribution < -0.4 is 0 Å². The van der Waals surface area contributed by atoms with Gasteiger partial charge in [0, 0.05) is 52.4 Å². The van der Waals surface area contributed by atoms with Crippen molar-refractivity contribution in [1.29, 1.82) is 0 Å². The number of carbonyl (C=O) groups is 4. The van der Waals surface area contributed by atoms with Gasteiger partial charge >= 0.3 is 23.9 Å². The summed E-state index contributed by atoms with van der Waals surface area (Å²) in [7, 11) is 0. The Morgan fingerprint density at radius 3 is 0.891 bits per heavy atom. The Labute approximate surface area is 275 Å². The number of hydrogen-bond donors (Lipinski definition) is 0. The Hall–Kier alpha value is -3.06. The number of hydrogen-bond acceptors (Lipinski definition) is 12. The molecule has 1 aromatic rings. The molecule has 0 atom stereocenters. The maximum Gasteiger partial charge on any atom is 0.320 e. The van der Waals surface area contributed by atoms with Gasteiger partial charge in [-0.1, -0.05) is 0 Å². The summed E-state index contributed by atoms with van der Waals surface area (Å²) in [4.78, 5) is 58.7. The summed E-state index contributed by atoms with van der Waals surface area (Å²) in [5, 5.41) is 0. The van der Waals surface area contributed by atoms with Crippen LogP contribution in [0.5, 0.6) is 0 Å². The lowest BCUT2D eigenvalue weighted by Gasteiger charge is -2.33. The van der Waals surface area contributed by atoms with Gasteiger partial charge in [0.2, 0.25) is 0 Å². The molecule has 0 saturated carbocycles. The smallest absolute Gasteiger partial charge is 0.320 e. The third kappa shape index (κ3) is 12.6. The standard InChI is InChI=1S/C34H56N4O8/c1-9-43-31(39)21-35-13-14-36(22-32(40)44-10-2)16-18-38(24-34(42)46-12-4)20-30-27(7)25(5)29(26(6)28(30)8)19-37(17-15-35)23-33(41)45-11-3/h9-24H2,1-8H3. The second kappa shape index (κ2) is 20.2. The first-order chi connectivity index (χ1) is 21.9. The Bertz CT molecular complexity index is 1060. The molecular weight excluding hydrogens is 592 g/mol. The molecule has 0 fully saturated rings. The second-order valence-electron chi connectivity index (χ2n) is 11.7. The van der Waals surface area contributed by atoms with Crippen LogP contribution in [0.25, 0.3) is 0 Å². The Kier molecular flexibility index (Phi) is 17.2. The fourth-order valence-corrected chi connectivity index (χ4v) is 5.76. The predicted octanol–water partition coefficient (Wildman–Crippen LogP) is 2.39. The molecule has 0 radical (unpaired) electrons. The van der Waals surface area contributed by atoms with Crippen molar-refractivity contribution < 1.29 is 38.1 Å². The molecule has 12 heteroatoms. The predicted molar refractivity (Wildman–Crippen MR) is 175 cm³/mol. The zero-order valence-corrected chi connectivity index (χ0v) is 29.4. The van der Waals surface area contributed by atoms with Crippen LogP contribution >= 0.6 is 0 Å². The number of benzene rings is 1. The summed E-state index contributed by atoms with van der Waals surface area (Å²) < 4.78 is 21.2. The number of carbonyl (C=O) groups excluding carboxylic acids is 4. The van der Waals surface area contributed by atoms with E-state index in [9.17, 15) is 19.2 Å². The maximum absolute atomic E-state index is 12.7. The first-order valence-electron chi connectivity index (χ1n) is 16.5. The van der Waals surface area contributed by atoms with Crippen LogP contribution in [0, 0.1) is 27.7 Å². The van der Waals surface area contributed by atoms with Crippen molar-refractivity contribution >= 4 is 23.9 Å².